The first-order valence-electron chi connectivity index (χ1n) is 6.32. The number of hydrogen-bond acceptors (Lipinski definition) is 2. The molecule has 0 aliphatic carbocycles. The molecule has 1 amide bonds. The Labute approximate surface area is 119 Å². The quantitative estimate of drug-likeness (QED) is 0.941. The minimum Gasteiger partial charge on any atom is -0.325 e. The average molecular weight is 297 g/mol. The number of para-hydroxylation sites is 1. The normalized spacial score (nSPS) is 11.4. The molecular weight excluding hydrogens is 283 g/mol. The summed E-state index contributed by atoms with van der Waals surface area (Å²) in [6, 6.07) is 6.69. The van der Waals surface area contributed by atoms with Crippen molar-refractivity contribution in [3.8, 4) is 0 Å². The smallest absolute Gasteiger partial charge is 0.325 e. The van der Waals surface area contributed by atoms with Crippen LogP contribution in [0, 0.1) is 6.92 Å². The van der Waals surface area contributed by atoms with Gasteiger partial charge in [-0.25, -0.2) is 0 Å². The fourth-order valence-electron chi connectivity index (χ4n) is 1.89. The topological polar surface area (TPSA) is 46.9 Å². The minimum absolute atomic E-state index is 0.0503. The van der Waals surface area contributed by atoms with Crippen LogP contribution >= 0.6 is 0 Å². The molecule has 0 spiro atoms. The SMILES string of the molecule is Cc1ccnn1CCC(=O)Nc1ccccc1C(F)(F)F. The van der Waals surface area contributed by atoms with Crippen molar-refractivity contribution in [2.45, 2.75) is 26.1 Å². The molecule has 1 heterocycles. The molecule has 1 aromatic carbocycles. The van der Waals surface area contributed by atoms with Crippen LogP contribution in [-0.4, -0.2) is 15.7 Å². The van der Waals surface area contributed by atoms with Crippen molar-refractivity contribution in [2.24, 2.45) is 0 Å². The van der Waals surface area contributed by atoms with Crippen molar-refractivity contribution < 1.29 is 18.0 Å². The Balaban J connectivity index is 2.02. The van der Waals surface area contributed by atoms with Gasteiger partial charge in [-0.1, -0.05) is 12.1 Å². The van der Waals surface area contributed by atoms with Gasteiger partial charge in [0.2, 0.25) is 5.91 Å². The lowest BCUT2D eigenvalue weighted by Gasteiger charge is -2.13. The van der Waals surface area contributed by atoms with Crippen LogP contribution in [0.15, 0.2) is 36.5 Å². The Morgan fingerprint density at radius 1 is 1.29 bits per heavy atom. The lowest BCUT2D eigenvalue weighted by Crippen LogP contribution is -2.18. The lowest BCUT2D eigenvalue weighted by molar-refractivity contribution is -0.137. The van der Waals surface area contributed by atoms with Crippen LogP contribution in [0.2, 0.25) is 0 Å². The number of nitrogens with zero attached hydrogens (tertiary/aromatic N) is 2. The summed E-state index contributed by atoms with van der Waals surface area (Å²) >= 11 is 0. The van der Waals surface area contributed by atoms with E-state index in [2.05, 4.69) is 10.4 Å². The summed E-state index contributed by atoms with van der Waals surface area (Å²) in [4.78, 5) is 11.8. The fourth-order valence-corrected chi connectivity index (χ4v) is 1.89. The molecule has 2 rings (SSSR count). The Hall–Kier alpha value is -2.31. The third-order valence-corrected chi connectivity index (χ3v) is 2.99. The molecule has 0 atom stereocenters. The highest BCUT2D eigenvalue weighted by Gasteiger charge is 2.33. The number of aryl methyl sites for hydroxylation is 2. The zero-order valence-electron chi connectivity index (χ0n) is 11.3. The number of carbonyl (C=O) groups excluding carboxylic acids is 1. The van der Waals surface area contributed by atoms with E-state index < -0.39 is 17.6 Å². The Bertz CT molecular complexity index is 634. The number of halogens is 3. The van der Waals surface area contributed by atoms with E-state index in [9.17, 15) is 18.0 Å². The van der Waals surface area contributed by atoms with Crippen LogP contribution in [0.3, 0.4) is 0 Å². The maximum atomic E-state index is 12.8. The largest absolute Gasteiger partial charge is 0.418 e. The second kappa shape index (κ2) is 5.99. The van der Waals surface area contributed by atoms with Crippen molar-refractivity contribution in [3.05, 3.63) is 47.8 Å². The molecule has 0 aliphatic heterocycles. The summed E-state index contributed by atoms with van der Waals surface area (Å²) in [5, 5.41) is 6.31. The summed E-state index contributed by atoms with van der Waals surface area (Å²) in [5.41, 5.74) is -0.195. The van der Waals surface area contributed by atoms with Gasteiger partial charge in [-0.05, 0) is 25.1 Å². The molecule has 1 aromatic heterocycles. The maximum absolute atomic E-state index is 12.8. The molecule has 0 aliphatic rings. The molecule has 4 nitrogen and oxygen atoms in total. The van der Waals surface area contributed by atoms with Crippen LogP contribution in [-0.2, 0) is 17.5 Å². The van der Waals surface area contributed by atoms with Gasteiger partial charge in [-0.15, -0.1) is 0 Å². The number of carbonyl (C=O) groups is 1. The van der Waals surface area contributed by atoms with Gasteiger partial charge < -0.3 is 5.32 Å². The average Bonchev–Trinajstić information content (AvgIpc) is 2.81. The van der Waals surface area contributed by atoms with E-state index in [4.69, 9.17) is 0 Å². The van der Waals surface area contributed by atoms with E-state index in [-0.39, 0.29) is 12.1 Å². The first-order chi connectivity index (χ1) is 9.88. The van der Waals surface area contributed by atoms with E-state index in [0.29, 0.717) is 6.54 Å². The van der Waals surface area contributed by atoms with E-state index in [1.807, 2.05) is 6.92 Å². The van der Waals surface area contributed by atoms with Crippen molar-refractivity contribution in [2.75, 3.05) is 5.32 Å². The van der Waals surface area contributed by atoms with Gasteiger partial charge in [0.1, 0.15) is 0 Å². The predicted octanol–water partition coefficient (Wildman–Crippen LogP) is 3.24. The summed E-state index contributed by atoms with van der Waals surface area (Å²) in [6.07, 6.45) is -2.84. The number of anilines is 1. The standard InChI is InChI=1S/C14H14F3N3O/c1-10-6-8-18-20(10)9-7-13(21)19-12-5-3-2-4-11(12)14(15,16)17/h2-6,8H,7,9H2,1H3,(H,19,21). The summed E-state index contributed by atoms with van der Waals surface area (Å²) in [7, 11) is 0. The molecule has 7 heteroatoms. The molecular formula is C14H14F3N3O. The highest BCUT2D eigenvalue weighted by molar-refractivity contribution is 5.91. The van der Waals surface area contributed by atoms with Crippen molar-refractivity contribution in [3.63, 3.8) is 0 Å². The summed E-state index contributed by atoms with van der Waals surface area (Å²) < 4.78 is 40.0. The molecule has 0 radical (unpaired) electrons. The third-order valence-electron chi connectivity index (χ3n) is 2.99. The molecule has 0 bridgehead atoms. The summed E-state index contributed by atoms with van der Waals surface area (Å²) in [5.74, 6) is -0.485. The molecule has 0 saturated heterocycles. The number of aromatic nitrogens is 2. The molecule has 112 valence electrons. The predicted molar refractivity (Wildman–Crippen MR) is 71.7 cm³/mol. The van der Waals surface area contributed by atoms with Crippen LogP contribution < -0.4 is 5.32 Å². The number of alkyl halides is 3. The van der Waals surface area contributed by atoms with Crippen LogP contribution in [0.5, 0.6) is 0 Å². The summed E-state index contributed by atoms with van der Waals surface area (Å²) in [6.45, 7) is 2.16. The highest BCUT2D eigenvalue weighted by atomic mass is 19.4. The zero-order chi connectivity index (χ0) is 15.5. The van der Waals surface area contributed by atoms with Crippen molar-refractivity contribution in [1.82, 2.24) is 9.78 Å². The molecule has 0 unspecified atom stereocenters. The monoisotopic (exact) mass is 297 g/mol. The Kier molecular flexibility index (Phi) is 4.30. The number of amides is 1. The van der Waals surface area contributed by atoms with E-state index in [0.717, 1.165) is 11.8 Å². The second-order valence-corrected chi connectivity index (χ2v) is 4.54. The van der Waals surface area contributed by atoms with Crippen LogP contribution in [0.4, 0.5) is 18.9 Å². The van der Waals surface area contributed by atoms with Gasteiger partial charge in [0.15, 0.2) is 0 Å². The highest BCUT2D eigenvalue weighted by Crippen LogP contribution is 2.34. The Morgan fingerprint density at radius 3 is 2.62 bits per heavy atom. The van der Waals surface area contributed by atoms with Crippen LogP contribution in [0.25, 0.3) is 0 Å². The van der Waals surface area contributed by atoms with Crippen molar-refractivity contribution in [1.29, 1.82) is 0 Å². The lowest BCUT2D eigenvalue weighted by atomic mass is 10.1. The molecule has 2 aromatic rings. The molecule has 1 N–H and O–H groups in total. The number of hydrogen-bond donors (Lipinski definition) is 1. The van der Waals surface area contributed by atoms with E-state index in [1.54, 1.807) is 16.9 Å². The van der Waals surface area contributed by atoms with Gasteiger partial charge in [0, 0.05) is 24.9 Å². The zero-order valence-corrected chi connectivity index (χ0v) is 11.3. The number of nitrogens with one attached hydrogen (secondary N) is 1. The van der Waals surface area contributed by atoms with E-state index >= 15 is 0 Å². The molecule has 0 fully saturated rings. The van der Waals surface area contributed by atoms with Gasteiger partial charge in [-0.2, -0.15) is 18.3 Å². The first-order valence-corrected chi connectivity index (χ1v) is 6.32. The maximum Gasteiger partial charge on any atom is 0.418 e. The van der Waals surface area contributed by atoms with Gasteiger partial charge in [0.05, 0.1) is 11.3 Å². The van der Waals surface area contributed by atoms with Crippen molar-refractivity contribution >= 4 is 11.6 Å². The molecule has 0 saturated carbocycles. The second-order valence-electron chi connectivity index (χ2n) is 4.54. The first kappa shape index (κ1) is 15.1. The van der Waals surface area contributed by atoms with Crippen LogP contribution in [0.1, 0.15) is 17.7 Å². The van der Waals surface area contributed by atoms with Gasteiger partial charge >= 0.3 is 6.18 Å². The fraction of sp³-hybridized carbons (Fsp3) is 0.286. The van der Waals surface area contributed by atoms with Gasteiger partial charge in [-0.3, -0.25) is 9.48 Å². The van der Waals surface area contributed by atoms with E-state index in [1.165, 1.54) is 18.2 Å². The minimum atomic E-state index is -4.50. The van der Waals surface area contributed by atoms with Gasteiger partial charge in [0.25, 0.3) is 0 Å². The molecule has 21 heavy (non-hydrogen) atoms. The number of benzene rings is 1. The third kappa shape index (κ3) is 3.84. The Morgan fingerprint density at radius 2 is 2.00 bits per heavy atom. The number of rotatable bonds is 4.